The van der Waals surface area contributed by atoms with Gasteiger partial charge in [0.15, 0.2) is 0 Å². The van der Waals surface area contributed by atoms with E-state index in [-0.39, 0.29) is 0 Å². The van der Waals surface area contributed by atoms with Crippen molar-refractivity contribution in [3.63, 3.8) is 0 Å². The third-order valence-corrected chi connectivity index (χ3v) is 3.52. The third kappa shape index (κ3) is 1.41. The predicted molar refractivity (Wildman–Crippen MR) is 58.1 cm³/mol. The molecule has 2 unspecified atom stereocenters. The monoisotopic (exact) mass is 193 g/mol. The van der Waals surface area contributed by atoms with Crippen molar-refractivity contribution >= 4 is 5.82 Å². The molecule has 2 rings (SSSR count). The van der Waals surface area contributed by atoms with Gasteiger partial charge in [-0.1, -0.05) is 26.7 Å². The lowest BCUT2D eigenvalue weighted by molar-refractivity contribution is 0.518. The standard InChI is InChI=1S/C11H19N3/c1-3-8-10(13-14-11(8)12)9-6-4-5-7(9)2/h7,9H,3-6H2,1-2H3,(H3,12,13,14). The summed E-state index contributed by atoms with van der Waals surface area (Å²) in [6, 6.07) is 0. The topological polar surface area (TPSA) is 54.7 Å². The maximum atomic E-state index is 5.82. The lowest BCUT2D eigenvalue weighted by Crippen LogP contribution is -2.05. The first-order chi connectivity index (χ1) is 6.74. The molecule has 1 aliphatic rings. The van der Waals surface area contributed by atoms with Crippen LogP contribution in [0.5, 0.6) is 0 Å². The van der Waals surface area contributed by atoms with Gasteiger partial charge in [-0.25, -0.2) is 0 Å². The van der Waals surface area contributed by atoms with Crippen LogP contribution in [0.4, 0.5) is 5.82 Å². The molecule has 0 saturated heterocycles. The molecule has 1 aromatic heterocycles. The Balaban J connectivity index is 2.30. The minimum Gasteiger partial charge on any atom is -0.382 e. The van der Waals surface area contributed by atoms with Crippen LogP contribution in [0.3, 0.4) is 0 Å². The van der Waals surface area contributed by atoms with E-state index in [1.54, 1.807) is 0 Å². The van der Waals surface area contributed by atoms with Crippen molar-refractivity contribution in [1.82, 2.24) is 10.2 Å². The number of aromatic nitrogens is 2. The fourth-order valence-electron chi connectivity index (χ4n) is 2.65. The molecule has 0 aliphatic heterocycles. The molecular weight excluding hydrogens is 174 g/mol. The van der Waals surface area contributed by atoms with Crippen LogP contribution < -0.4 is 5.73 Å². The SMILES string of the molecule is CCc1c(N)n[nH]c1C1CCCC1C. The molecular formula is C11H19N3. The highest BCUT2D eigenvalue weighted by Crippen LogP contribution is 2.40. The van der Waals surface area contributed by atoms with Gasteiger partial charge in [-0.15, -0.1) is 0 Å². The van der Waals surface area contributed by atoms with Crippen LogP contribution in [-0.4, -0.2) is 10.2 Å². The second-order valence-electron chi connectivity index (χ2n) is 4.37. The van der Waals surface area contributed by atoms with Crippen LogP contribution in [0.25, 0.3) is 0 Å². The fourth-order valence-corrected chi connectivity index (χ4v) is 2.65. The van der Waals surface area contributed by atoms with Gasteiger partial charge in [0, 0.05) is 17.2 Å². The molecule has 0 aromatic carbocycles. The van der Waals surface area contributed by atoms with Gasteiger partial charge in [-0.05, 0) is 18.8 Å². The fraction of sp³-hybridized carbons (Fsp3) is 0.727. The van der Waals surface area contributed by atoms with E-state index in [9.17, 15) is 0 Å². The van der Waals surface area contributed by atoms with Crippen LogP contribution in [0.1, 0.15) is 50.3 Å². The zero-order chi connectivity index (χ0) is 10.1. The van der Waals surface area contributed by atoms with Crippen LogP contribution in [0.15, 0.2) is 0 Å². The molecule has 1 aromatic rings. The molecule has 3 heteroatoms. The molecule has 3 nitrogen and oxygen atoms in total. The van der Waals surface area contributed by atoms with Gasteiger partial charge >= 0.3 is 0 Å². The Kier molecular flexibility index (Phi) is 2.48. The summed E-state index contributed by atoms with van der Waals surface area (Å²) in [6.07, 6.45) is 4.96. The van der Waals surface area contributed by atoms with Gasteiger partial charge < -0.3 is 5.73 Å². The van der Waals surface area contributed by atoms with E-state index in [1.165, 1.54) is 30.5 Å². The summed E-state index contributed by atoms with van der Waals surface area (Å²) in [5.74, 6) is 2.14. The van der Waals surface area contributed by atoms with Crippen molar-refractivity contribution in [2.24, 2.45) is 5.92 Å². The Morgan fingerprint density at radius 3 is 2.86 bits per heavy atom. The number of nitrogens with zero attached hydrogens (tertiary/aromatic N) is 1. The molecule has 0 amide bonds. The van der Waals surface area contributed by atoms with Crippen molar-refractivity contribution in [2.75, 3.05) is 5.73 Å². The number of nitrogens with one attached hydrogen (secondary N) is 1. The molecule has 3 N–H and O–H groups in total. The van der Waals surface area contributed by atoms with Gasteiger partial charge in [-0.2, -0.15) is 5.10 Å². The summed E-state index contributed by atoms with van der Waals surface area (Å²) in [6.45, 7) is 4.47. The quantitative estimate of drug-likeness (QED) is 0.758. The molecule has 0 radical (unpaired) electrons. The smallest absolute Gasteiger partial charge is 0.148 e. The summed E-state index contributed by atoms with van der Waals surface area (Å²) in [5.41, 5.74) is 8.36. The number of H-pyrrole nitrogens is 1. The zero-order valence-electron chi connectivity index (χ0n) is 9.01. The van der Waals surface area contributed by atoms with Crippen LogP contribution in [0, 0.1) is 5.92 Å². The predicted octanol–water partition coefficient (Wildman–Crippen LogP) is 2.46. The molecule has 78 valence electrons. The number of anilines is 1. The number of nitrogens with two attached hydrogens (primary N) is 1. The summed E-state index contributed by atoms with van der Waals surface area (Å²) in [4.78, 5) is 0. The number of aromatic amines is 1. The maximum absolute atomic E-state index is 5.82. The Bertz CT molecular complexity index is 316. The van der Waals surface area contributed by atoms with Crippen molar-refractivity contribution in [3.8, 4) is 0 Å². The van der Waals surface area contributed by atoms with Crippen LogP contribution in [0.2, 0.25) is 0 Å². The highest BCUT2D eigenvalue weighted by atomic mass is 15.2. The minimum atomic E-state index is 0.662. The van der Waals surface area contributed by atoms with Crippen LogP contribution >= 0.6 is 0 Å². The lowest BCUT2D eigenvalue weighted by Gasteiger charge is -2.14. The van der Waals surface area contributed by atoms with E-state index in [0.717, 1.165) is 12.3 Å². The first kappa shape index (κ1) is 9.56. The summed E-state index contributed by atoms with van der Waals surface area (Å²) in [5, 5.41) is 7.24. The number of hydrogen-bond donors (Lipinski definition) is 2. The van der Waals surface area contributed by atoms with E-state index >= 15 is 0 Å². The first-order valence-corrected chi connectivity index (χ1v) is 5.56. The second kappa shape index (κ2) is 3.64. The van der Waals surface area contributed by atoms with Crippen molar-refractivity contribution in [1.29, 1.82) is 0 Å². The number of rotatable bonds is 2. The van der Waals surface area contributed by atoms with Gasteiger partial charge in [0.05, 0.1) is 0 Å². The molecule has 1 aliphatic carbocycles. The largest absolute Gasteiger partial charge is 0.382 e. The van der Waals surface area contributed by atoms with E-state index in [4.69, 9.17) is 5.73 Å². The maximum Gasteiger partial charge on any atom is 0.148 e. The van der Waals surface area contributed by atoms with Gasteiger partial charge in [0.2, 0.25) is 0 Å². The average molecular weight is 193 g/mol. The number of nitrogen functional groups attached to an aromatic ring is 1. The molecule has 14 heavy (non-hydrogen) atoms. The molecule has 1 saturated carbocycles. The van der Waals surface area contributed by atoms with Crippen molar-refractivity contribution in [3.05, 3.63) is 11.3 Å². The Morgan fingerprint density at radius 2 is 2.29 bits per heavy atom. The highest BCUT2D eigenvalue weighted by molar-refractivity contribution is 5.43. The van der Waals surface area contributed by atoms with Crippen molar-refractivity contribution in [2.45, 2.75) is 45.4 Å². The Labute approximate surface area is 85.1 Å². The van der Waals surface area contributed by atoms with E-state index in [1.807, 2.05) is 0 Å². The number of hydrogen-bond acceptors (Lipinski definition) is 2. The lowest BCUT2D eigenvalue weighted by atomic mass is 9.91. The highest BCUT2D eigenvalue weighted by Gasteiger charge is 2.28. The summed E-state index contributed by atoms with van der Waals surface area (Å²) >= 11 is 0. The van der Waals surface area contributed by atoms with Gasteiger partial charge in [0.1, 0.15) is 5.82 Å². The normalized spacial score (nSPS) is 27.0. The summed E-state index contributed by atoms with van der Waals surface area (Å²) < 4.78 is 0. The van der Waals surface area contributed by atoms with Gasteiger partial charge in [-0.3, -0.25) is 5.10 Å². The third-order valence-electron chi connectivity index (χ3n) is 3.52. The first-order valence-electron chi connectivity index (χ1n) is 5.56. The summed E-state index contributed by atoms with van der Waals surface area (Å²) in [7, 11) is 0. The average Bonchev–Trinajstić information content (AvgIpc) is 2.71. The molecule has 1 heterocycles. The molecule has 1 fully saturated rings. The van der Waals surface area contributed by atoms with Crippen molar-refractivity contribution < 1.29 is 0 Å². The second-order valence-corrected chi connectivity index (χ2v) is 4.37. The van der Waals surface area contributed by atoms with E-state index in [2.05, 4.69) is 24.0 Å². The molecule has 0 spiro atoms. The molecule has 2 atom stereocenters. The Hall–Kier alpha value is -0.990. The van der Waals surface area contributed by atoms with Gasteiger partial charge in [0.25, 0.3) is 0 Å². The van der Waals surface area contributed by atoms with E-state index in [0.29, 0.717) is 11.7 Å². The minimum absolute atomic E-state index is 0.662. The van der Waals surface area contributed by atoms with E-state index < -0.39 is 0 Å². The van der Waals surface area contributed by atoms with Crippen LogP contribution in [-0.2, 0) is 6.42 Å². The Morgan fingerprint density at radius 1 is 1.50 bits per heavy atom. The molecule has 0 bridgehead atoms. The zero-order valence-corrected chi connectivity index (χ0v) is 9.01.